The zero-order valence-corrected chi connectivity index (χ0v) is 11.3. The van der Waals surface area contributed by atoms with Crippen molar-refractivity contribution in [3.8, 4) is 11.8 Å². The molecule has 1 fully saturated rings. The summed E-state index contributed by atoms with van der Waals surface area (Å²) in [5.74, 6) is 0.335. The Kier molecular flexibility index (Phi) is 4.06. The van der Waals surface area contributed by atoms with E-state index in [0.29, 0.717) is 11.3 Å². The lowest BCUT2D eigenvalue weighted by atomic mass is 10.0. The van der Waals surface area contributed by atoms with Gasteiger partial charge in [0.2, 0.25) is 0 Å². The minimum Gasteiger partial charge on any atom is -0.496 e. The minimum atomic E-state index is -0.160. The number of rotatable bonds is 3. The Hall–Kier alpha value is -2.02. The number of benzene rings is 1. The van der Waals surface area contributed by atoms with Crippen LogP contribution in [0.1, 0.15) is 35.2 Å². The maximum atomic E-state index is 12.3. The molecule has 1 aromatic carbocycles. The third kappa shape index (κ3) is 2.87. The van der Waals surface area contributed by atoms with Crippen LogP contribution in [0, 0.1) is 24.2 Å². The van der Waals surface area contributed by atoms with Crippen molar-refractivity contribution < 1.29 is 9.53 Å². The third-order valence-electron chi connectivity index (χ3n) is 3.60. The Balaban J connectivity index is 2.16. The standard InChI is InChI=1S/C15H18N2O2/c1-10-6-7-14(19-2)12(8-10)15(18)17-13-5-3-4-11(13)9-16/h6-8,11,13H,3-5H2,1-2H3,(H,17,18). The van der Waals surface area contributed by atoms with Crippen LogP contribution in [0.25, 0.3) is 0 Å². The van der Waals surface area contributed by atoms with Crippen LogP contribution in [0.2, 0.25) is 0 Å². The summed E-state index contributed by atoms with van der Waals surface area (Å²) in [6, 6.07) is 7.73. The second kappa shape index (κ2) is 5.75. The summed E-state index contributed by atoms with van der Waals surface area (Å²) in [5.41, 5.74) is 1.54. The predicted molar refractivity (Wildman–Crippen MR) is 71.9 cm³/mol. The fourth-order valence-electron chi connectivity index (χ4n) is 2.53. The van der Waals surface area contributed by atoms with E-state index in [1.54, 1.807) is 13.2 Å². The Morgan fingerprint density at radius 2 is 2.26 bits per heavy atom. The number of methoxy groups -OCH3 is 1. The van der Waals surface area contributed by atoms with Crippen LogP contribution in [-0.2, 0) is 0 Å². The van der Waals surface area contributed by atoms with E-state index in [1.165, 1.54) is 0 Å². The predicted octanol–water partition coefficient (Wildman–Crippen LogP) is 2.43. The van der Waals surface area contributed by atoms with Gasteiger partial charge in [0.1, 0.15) is 5.75 Å². The summed E-state index contributed by atoms with van der Waals surface area (Å²) in [6.45, 7) is 1.93. The van der Waals surface area contributed by atoms with Gasteiger partial charge in [-0.3, -0.25) is 4.79 Å². The summed E-state index contributed by atoms with van der Waals surface area (Å²) in [5, 5.41) is 12.0. The van der Waals surface area contributed by atoms with Crippen molar-refractivity contribution in [1.29, 1.82) is 5.26 Å². The second-order valence-electron chi connectivity index (χ2n) is 4.95. The molecule has 2 atom stereocenters. The quantitative estimate of drug-likeness (QED) is 0.905. The molecular weight excluding hydrogens is 240 g/mol. The second-order valence-corrected chi connectivity index (χ2v) is 4.95. The highest BCUT2D eigenvalue weighted by atomic mass is 16.5. The summed E-state index contributed by atoms with van der Waals surface area (Å²) < 4.78 is 5.21. The van der Waals surface area contributed by atoms with E-state index in [2.05, 4.69) is 11.4 Å². The molecule has 4 heteroatoms. The first-order chi connectivity index (χ1) is 9.15. The zero-order chi connectivity index (χ0) is 13.8. The lowest BCUT2D eigenvalue weighted by Gasteiger charge is -2.17. The molecule has 1 aliphatic rings. The molecule has 0 bridgehead atoms. The van der Waals surface area contributed by atoms with E-state index >= 15 is 0 Å². The van der Waals surface area contributed by atoms with Crippen molar-refractivity contribution in [3.63, 3.8) is 0 Å². The fourth-order valence-corrected chi connectivity index (χ4v) is 2.53. The topological polar surface area (TPSA) is 62.1 Å². The highest BCUT2D eigenvalue weighted by molar-refractivity contribution is 5.97. The normalized spacial score (nSPS) is 21.7. The molecule has 1 amide bonds. The molecule has 2 unspecified atom stereocenters. The van der Waals surface area contributed by atoms with Crippen molar-refractivity contribution in [3.05, 3.63) is 29.3 Å². The average molecular weight is 258 g/mol. The lowest BCUT2D eigenvalue weighted by molar-refractivity contribution is 0.0929. The Bertz CT molecular complexity index is 519. The largest absolute Gasteiger partial charge is 0.496 e. The molecule has 1 aliphatic carbocycles. The van der Waals surface area contributed by atoms with Crippen molar-refractivity contribution in [2.24, 2.45) is 5.92 Å². The van der Waals surface area contributed by atoms with Gasteiger partial charge in [0.15, 0.2) is 0 Å². The molecule has 0 spiro atoms. The smallest absolute Gasteiger partial charge is 0.255 e. The number of nitrogens with zero attached hydrogens (tertiary/aromatic N) is 1. The molecule has 2 rings (SSSR count). The van der Waals surface area contributed by atoms with Gasteiger partial charge >= 0.3 is 0 Å². The SMILES string of the molecule is COc1ccc(C)cc1C(=O)NC1CCCC1C#N. The third-order valence-corrected chi connectivity index (χ3v) is 3.60. The molecule has 1 saturated carbocycles. The number of amides is 1. The highest BCUT2D eigenvalue weighted by Gasteiger charge is 2.29. The number of carbonyl (C=O) groups is 1. The van der Waals surface area contributed by atoms with Crippen LogP contribution in [0.15, 0.2) is 18.2 Å². The van der Waals surface area contributed by atoms with Gasteiger partial charge in [-0.15, -0.1) is 0 Å². The van der Waals surface area contributed by atoms with Crippen LogP contribution < -0.4 is 10.1 Å². The summed E-state index contributed by atoms with van der Waals surface area (Å²) >= 11 is 0. The van der Waals surface area contributed by atoms with Crippen LogP contribution in [0.5, 0.6) is 5.75 Å². The summed E-state index contributed by atoms with van der Waals surface area (Å²) in [6.07, 6.45) is 2.73. The maximum absolute atomic E-state index is 12.3. The number of carbonyl (C=O) groups excluding carboxylic acids is 1. The van der Waals surface area contributed by atoms with Crippen molar-refractivity contribution in [1.82, 2.24) is 5.32 Å². The van der Waals surface area contributed by atoms with E-state index in [-0.39, 0.29) is 17.9 Å². The molecule has 1 N–H and O–H groups in total. The molecule has 0 heterocycles. The van der Waals surface area contributed by atoms with Gasteiger partial charge in [0.25, 0.3) is 5.91 Å². The van der Waals surface area contributed by atoms with Gasteiger partial charge in [0.05, 0.1) is 24.7 Å². The lowest BCUT2D eigenvalue weighted by Crippen LogP contribution is -2.37. The van der Waals surface area contributed by atoms with E-state index in [4.69, 9.17) is 10.00 Å². The van der Waals surface area contributed by atoms with Crippen molar-refractivity contribution in [2.45, 2.75) is 32.2 Å². The van der Waals surface area contributed by atoms with Crippen LogP contribution in [-0.4, -0.2) is 19.1 Å². The first-order valence-corrected chi connectivity index (χ1v) is 6.51. The minimum absolute atomic E-state index is 0.0391. The Morgan fingerprint density at radius 1 is 1.47 bits per heavy atom. The Morgan fingerprint density at radius 3 is 2.95 bits per heavy atom. The van der Waals surface area contributed by atoms with Gasteiger partial charge in [-0.25, -0.2) is 0 Å². The molecule has 1 aromatic rings. The van der Waals surface area contributed by atoms with Gasteiger partial charge in [-0.05, 0) is 38.3 Å². The van der Waals surface area contributed by atoms with E-state index in [1.807, 2.05) is 19.1 Å². The van der Waals surface area contributed by atoms with E-state index < -0.39 is 0 Å². The van der Waals surface area contributed by atoms with Crippen LogP contribution in [0.3, 0.4) is 0 Å². The molecule has 0 radical (unpaired) electrons. The van der Waals surface area contributed by atoms with Gasteiger partial charge in [-0.2, -0.15) is 5.26 Å². The highest BCUT2D eigenvalue weighted by Crippen LogP contribution is 2.26. The van der Waals surface area contributed by atoms with Crippen molar-refractivity contribution >= 4 is 5.91 Å². The first-order valence-electron chi connectivity index (χ1n) is 6.51. The number of ether oxygens (including phenoxy) is 1. The number of nitrogens with one attached hydrogen (secondary N) is 1. The molecule has 0 aliphatic heterocycles. The number of nitriles is 1. The monoisotopic (exact) mass is 258 g/mol. The molecule has 0 saturated heterocycles. The van der Waals surface area contributed by atoms with Crippen molar-refractivity contribution in [2.75, 3.05) is 7.11 Å². The number of hydrogen-bond donors (Lipinski definition) is 1. The molecule has 0 aromatic heterocycles. The van der Waals surface area contributed by atoms with Crippen LogP contribution >= 0.6 is 0 Å². The summed E-state index contributed by atoms with van der Waals surface area (Å²) in [7, 11) is 1.55. The number of aryl methyl sites for hydroxylation is 1. The van der Waals surface area contributed by atoms with Gasteiger partial charge < -0.3 is 10.1 Å². The fraction of sp³-hybridized carbons (Fsp3) is 0.467. The van der Waals surface area contributed by atoms with Gasteiger partial charge in [0, 0.05) is 6.04 Å². The van der Waals surface area contributed by atoms with E-state index in [9.17, 15) is 4.79 Å². The summed E-state index contributed by atoms with van der Waals surface area (Å²) in [4.78, 5) is 12.3. The molecule has 4 nitrogen and oxygen atoms in total. The zero-order valence-electron chi connectivity index (χ0n) is 11.3. The average Bonchev–Trinajstić information content (AvgIpc) is 2.85. The Labute approximate surface area is 113 Å². The van der Waals surface area contributed by atoms with Crippen LogP contribution in [0.4, 0.5) is 0 Å². The van der Waals surface area contributed by atoms with Gasteiger partial charge in [-0.1, -0.05) is 11.6 Å². The number of hydrogen-bond acceptors (Lipinski definition) is 3. The first kappa shape index (κ1) is 13.4. The molecular formula is C15H18N2O2. The molecule has 100 valence electrons. The maximum Gasteiger partial charge on any atom is 0.255 e. The molecule has 19 heavy (non-hydrogen) atoms. The van der Waals surface area contributed by atoms with E-state index in [0.717, 1.165) is 24.8 Å².